The van der Waals surface area contributed by atoms with Crippen molar-refractivity contribution in [2.24, 2.45) is 0 Å². The molecule has 4 atom stereocenters. The number of hydrogen-bond donors (Lipinski definition) is 3. The van der Waals surface area contributed by atoms with Crippen molar-refractivity contribution < 1.29 is 28.2 Å². The lowest BCUT2D eigenvalue weighted by Crippen LogP contribution is -2.49. The van der Waals surface area contributed by atoms with E-state index in [0.29, 0.717) is 37.3 Å². The summed E-state index contributed by atoms with van der Waals surface area (Å²) < 4.78 is 31.4. The molecule has 5 rings (SSSR count). The number of carbonyl (C=O) groups is 2. The zero-order chi connectivity index (χ0) is 24.5. The monoisotopic (exact) mass is 485 g/mol. The molecule has 3 N–H and O–H groups in total. The maximum Gasteiger partial charge on any atom is 0.263 e. The van der Waals surface area contributed by atoms with Crippen molar-refractivity contribution in [3.8, 4) is 0 Å². The molecule has 2 bridgehead atoms. The van der Waals surface area contributed by atoms with Crippen LogP contribution in [-0.4, -0.2) is 65.8 Å². The molecule has 9 heteroatoms. The predicted molar refractivity (Wildman–Crippen MR) is 124 cm³/mol. The van der Waals surface area contributed by atoms with Gasteiger partial charge in [0.2, 0.25) is 0 Å². The molecule has 2 aromatic rings. The van der Waals surface area contributed by atoms with Gasteiger partial charge >= 0.3 is 0 Å². The third-order valence-electron chi connectivity index (χ3n) is 7.28. The molecule has 0 aliphatic carbocycles. The maximum atomic E-state index is 13.0. The van der Waals surface area contributed by atoms with Crippen molar-refractivity contribution in [3.63, 3.8) is 0 Å². The van der Waals surface area contributed by atoms with Gasteiger partial charge in [-0.25, -0.2) is 8.78 Å². The Balaban J connectivity index is 1.14. The van der Waals surface area contributed by atoms with Gasteiger partial charge in [-0.1, -0.05) is 12.1 Å². The van der Waals surface area contributed by atoms with Crippen molar-refractivity contribution in [2.45, 2.75) is 56.5 Å². The highest BCUT2D eigenvalue weighted by molar-refractivity contribution is 5.98. The molecule has 0 saturated carbocycles. The SMILES string of the molecule is O=C(NC[C@@H](O)[C@@H]1Cc2ccc(C(F)F)cc2CN1)c1ccc(C(=O)N2C3CCC2COC3)cc1. The summed E-state index contributed by atoms with van der Waals surface area (Å²) in [4.78, 5) is 27.5. The van der Waals surface area contributed by atoms with Crippen LogP contribution in [0, 0.1) is 0 Å². The van der Waals surface area contributed by atoms with Crippen LogP contribution in [0.1, 0.15) is 56.7 Å². The Morgan fingerprint density at radius 3 is 2.43 bits per heavy atom. The van der Waals surface area contributed by atoms with Crippen molar-refractivity contribution in [1.29, 1.82) is 0 Å². The molecular formula is C26H29F2N3O4. The molecule has 2 amide bonds. The van der Waals surface area contributed by atoms with E-state index in [0.717, 1.165) is 24.0 Å². The number of aliphatic hydroxyl groups is 1. The molecule has 2 saturated heterocycles. The number of benzene rings is 2. The minimum absolute atomic E-state index is 0.0122. The van der Waals surface area contributed by atoms with Crippen LogP contribution in [0.2, 0.25) is 0 Å². The largest absolute Gasteiger partial charge is 0.390 e. The van der Waals surface area contributed by atoms with Gasteiger partial charge in [0.25, 0.3) is 18.2 Å². The number of hydrogen-bond acceptors (Lipinski definition) is 5. The standard InChI is InChI=1S/C26H29F2N3O4/c27-24(28)18-6-5-17-10-22(29-11-19(17)9-18)23(32)12-30-25(33)15-1-3-16(4-2-15)26(34)31-20-7-8-21(31)14-35-13-20/h1-6,9,20-24,29,32H,7-8,10-14H2,(H,30,33)/t20?,21?,22-,23+/m0/s1. The summed E-state index contributed by atoms with van der Waals surface area (Å²) in [5.74, 6) is -0.375. The van der Waals surface area contributed by atoms with Crippen molar-refractivity contribution in [3.05, 3.63) is 70.3 Å². The minimum Gasteiger partial charge on any atom is -0.390 e. The number of morpholine rings is 1. The van der Waals surface area contributed by atoms with E-state index in [1.807, 2.05) is 4.90 Å². The average Bonchev–Trinajstić information content (AvgIpc) is 3.13. The molecule has 2 aromatic carbocycles. The van der Waals surface area contributed by atoms with Gasteiger partial charge in [0.1, 0.15) is 0 Å². The smallest absolute Gasteiger partial charge is 0.263 e. The lowest BCUT2D eigenvalue weighted by Gasteiger charge is -2.34. The van der Waals surface area contributed by atoms with Gasteiger partial charge in [0, 0.05) is 35.8 Å². The van der Waals surface area contributed by atoms with E-state index in [1.165, 1.54) is 12.1 Å². The van der Waals surface area contributed by atoms with Gasteiger partial charge in [-0.15, -0.1) is 0 Å². The highest BCUT2D eigenvalue weighted by Gasteiger charge is 2.40. The molecule has 0 spiro atoms. The fourth-order valence-corrected chi connectivity index (χ4v) is 5.28. The number of fused-ring (bicyclic) bond motifs is 3. The molecule has 0 radical (unpaired) electrons. The molecule has 0 aromatic heterocycles. The number of rotatable bonds is 6. The van der Waals surface area contributed by atoms with E-state index in [4.69, 9.17) is 4.74 Å². The number of nitrogens with one attached hydrogen (secondary N) is 2. The van der Waals surface area contributed by atoms with Crippen LogP contribution in [-0.2, 0) is 17.7 Å². The molecule has 2 unspecified atom stereocenters. The average molecular weight is 486 g/mol. The summed E-state index contributed by atoms with van der Waals surface area (Å²) in [6.45, 7) is 1.57. The summed E-state index contributed by atoms with van der Waals surface area (Å²) in [5.41, 5.74) is 2.65. The first-order valence-corrected chi connectivity index (χ1v) is 12.0. The lowest BCUT2D eigenvalue weighted by atomic mass is 9.91. The number of carbonyl (C=O) groups excluding carboxylic acids is 2. The molecule has 2 fully saturated rings. The molecule has 3 aliphatic heterocycles. The highest BCUT2D eigenvalue weighted by Crippen LogP contribution is 2.30. The van der Waals surface area contributed by atoms with Crippen molar-refractivity contribution in [2.75, 3.05) is 19.8 Å². The third kappa shape index (κ3) is 4.94. The van der Waals surface area contributed by atoms with Gasteiger partial charge in [-0.2, -0.15) is 0 Å². The van der Waals surface area contributed by atoms with Crippen LogP contribution >= 0.6 is 0 Å². The topological polar surface area (TPSA) is 90.9 Å². The third-order valence-corrected chi connectivity index (χ3v) is 7.28. The highest BCUT2D eigenvalue weighted by atomic mass is 19.3. The Kier molecular flexibility index (Phi) is 6.82. The molecule has 3 heterocycles. The Morgan fingerprint density at radius 1 is 1.06 bits per heavy atom. The zero-order valence-corrected chi connectivity index (χ0v) is 19.3. The van der Waals surface area contributed by atoms with Crippen LogP contribution in [0.5, 0.6) is 0 Å². The summed E-state index contributed by atoms with van der Waals surface area (Å²) >= 11 is 0. The second-order valence-corrected chi connectivity index (χ2v) is 9.51. The van der Waals surface area contributed by atoms with E-state index in [9.17, 15) is 23.5 Å². The first-order valence-electron chi connectivity index (χ1n) is 12.0. The molecule has 35 heavy (non-hydrogen) atoms. The van der Waals surface area contributed by atoms with Gasteiger partial charge in [0.05, 0.1) is 31.4 Å². The lowest BCUT2D eigenvalue weighted by molar-refractivity contribution is -0.00716. The fourth-order valence-electron chi connectivity index (χ4n) is 5.28. The Morgan fingerprint density at radius 2 is 1.74 bits per heavy atom. The van der Waals surface area contributed by atoms with Gasteiger partial charge in [0.15, 0.2) is 0 Å². The van der Waals surface area contributed by atoms with Crippen LogP contribution in [0.15, 0.2) is 42.5 Å². The first-order chi connectivity index (χ1) is 16.9. The Hall–Kier alpha value is -2.88. The second-order valence-electron chi connectivity index (χ2n) is 9.51. The van der Waals surface area contributed by atoms with Gasteiger partial charge in [-0.3, -0.25) is 9.59 Å². The van der Waals surface area contributed by atoms with Gasteiger partial charge < -0.3 is 25.4 Å². The quantitative estimate of drug-likeness (QED) is 0.585. The zero-order valence-electron chi connectivity index (χ0n) is 19.3. The number of nitrogens with zero attached hydrogens (tertiary/aromatic N) is 1. The van der Waals surface area contributed by atoms with Crippen molar-refractivity contribution in [1.82, 2.24) is 15.5 Å². The number of halogens is 2. The van der Waals surface area contributed by atoms with E-state index >= 15 is 0 Å². The van der Waals surface area contributed by atoms with E-state index < -0.39 is 12.5 Å². The van der Waals surface area contributed by atoms with E-state index in [-0.39, 0.29) is 42.0 Å². The van der Waals surface area contributed by atoms with Crippen LogP contribution in [0.3, 0.4) is 0 Å². The minimum atomic E-state index is -2.51. The first kappa shape index (κ1) is 23.8. The van der Waals surface area contributed by atoms with E-state index in [1.54, 1.807) is 30.3 Å². The number of ether oxygens (including phenoxy) is 1. The number of aliphatic hydroxyl groups excluding tert-OH is 1. The van der Waals surface area contributed by atoms with Crippen LogP contribution < -0.4 is 10.6 Å². The number of alkyl halides is 2. The summed E-state index contributed by atoms with van der Waals surface area (Å²) in [7, 11) is 0. The summed E-state index contributed by atoms with van der Waals surface area (Å²) in [6, 6.07) is 11.1. The van der Waals surface area contributed by atoms with Crippen LogP contribution in [0.25, 0.3) is 0 Å². The second kappa shape index (κ2) is 10.0. The normalized spacial score (nSPS) is 24.2. The Labute approximate surface area is 202 Å². The predicted octanol–water partition coefficient (Wildman–Crippen LogP) is 2.43. The van der Waals surface area contributed by atoms with E-state index in [2.05, 4.69) is 10.6 Å². The Bertz CT molecular complexity index is 1080. The van der Waals surface area contributed by atoms with Crippen LogP contribution in [0.4, 0.5) is 8.78 Å². The maximum absolute atomic E-state index is 13.0. The number of amides is 2. The molecule has 7 nitrogen and oxygen atoms in total. The molecule has 3 aliphatic rings. The molecular weight excluding hydrogens is 456 g/mol. The summed E-state index contributed by atoms with van der Waals surface area (Å²) in [5, 5.41) is 16.5. The van der Waals surface area contributed by atoms with Crippen molar-refractivity contribution >= 4 is 11.8 Å². The molecule has 186 valence electrons. The summed E-state index contributed by atoms with van der Waals surface area (Å²) in [6.07, 6.45) is -0.967. The fraction of sp³-hybridized carbons (Fsp3) is 0.462. The van der Waals surface area contributed by atoms with Gasteiger partial charge in [-0.05, 0) is 60.7 Å².